The highest BCUT2D eigenvalue weighted by Gasteiger charge is 2.04. The van der Waals surface area contributed by atoms with Crippen LogP contribution in [0.2, 0.25) is 0 Å². The van der Waals surface area contributed by atoms with Gasteiger partial charge in [0, 0.05) is 19.3 Å². The van der Waals surface area contributed by atoms with E-state index >= 15 is 0 Å². The zero-order valence-electron chi connectivity index (χ0n) is 8.82. The molecule has 0 saturated carbocycles. The van der Waals surface area contributed by atoms with Crippen molar-refractivity contribution in [1.29, 1.82) is 0 Å². The molecule has 0 unspecified atom stereocenters. The fourth-order valence-corrected chi connectivity index (χ4v) is 1.46. The molecule has 0 aliphatic carbocycles. The minimum atomic E-state index is 0.962. The van der Waals surface area contributed by atoms with E-state index in [1.54, 1.807) is 0 Å². The molecule has 13 heavy (non-hydrogen) atoms. The van der Waals surface area contributed by atoms with Crippen LogP contribution in [-0.2, 0) is 13.1 Å². The first-order chi connectivity index (χ1) is 6.31. The van der Waals surface area contributed by atoms with Gasteiger partial charge >= 0.3 is 0 Å². The minimum Gasteiger partial charge on any atom is -0.298 e. The van der Waals surface area contributed by atoms with Crippen LogP contribution in [0.25, 0.3) is 0 Å². The molecule has 0 aromatic carbocycles. The monoisotopic (exact) mass is 181 g/mol. The van der Waals surface area contributed by atoms with Gasteiger partial charge in [-0.05, 0) is 26.1 Å². The van der Waals surface area contributed by atoms with Gasteiger partial charge in [0.25, 0.3) is 0 Å². The molecule has 0 spiro atoms. The summed E-state index contributed by atoms with van der Waals surface area (Å²) in [5.74, 6) is 0. The second kappa shape index (κ2) is 5.02. The van der Waals surface area contributed by atoms with Gasteiger partial charge in [0.05, 0.1) is 5.69 Å². The van der Waals surface area contributed by atoms with Crippen molar-refractivity contribution < 1.29 is 0 Å². The van der Waals surface area contributed by atoms with E-state index in [1.165, 1.54) is 5.69 Å². The van der Waals surface area contributed by atoms with Gasteiger partial charge in [-0.25, -0.2) is 0 Å². The summed E-state index contributed by atoms with van der Waals surface area (Å²) in [5.41, 5.74) is 1.31. The normalized spacial score (nSPS) is 11.1. The molecule has 0 N–H and O–H groups in total. The Balaban J connectivity index is 2.61. The first-order valence-corrected chi connectivity index (χ1v) is 5.04. The van der Waals surface area contributed by atoms with E-state index in [9.17, 15) is 0 Å². The third-order valence-corrected chi connectivity index (χ3v) is 2.38. The maximum Gasteiger partial charge on any atom is 0.0524 e. The Hall–Kier alpha value is -0.830. The summed E-state index contributed by atoms with van der Waals surface area (Å²) < 4.78 is 2.05. The van der Waals surface area contributed by atoms with Gasteiger partial charge in [-0.15, -0.1) is 0 Å². The van der Waals surface area contributed by atoms with Crippen LogP contribution in [0, 0.1) is 0 Å². The summed E-state index contributed by atoms with van der Waals surface area (Å²) in [6.07, 6.45) is 1.88. The fourth-order valence-electron chi connectivity index (χ4n) is 1.46. The van der Waals surface area contributed by atoms with E-state index in [0.29, 0.717) is 0 Å². The molecular formula is C10H19N3. The predicted molar refractivity (Wildman–Crippen MR) is 54.5 cm³/mol. The average molecular weight is 181 g/mol. The van der Waals surface area contributed by atoms with Crippen LogP contribution in [0.3, 0.4) is 0 Å². The largest absolute Gasteiger partial charge is 0.298 e. The number of hydrogen-bond donors (Lipinski definition) is 0. The molecule has 74 valence electrons. The Morgan fingerprint density at radius 3 is 2.54 bits per heavy atom. The number of aryl methyl sites for hydroxylation is 1. The Morgan fingerprint density at radius 2 is 2.00 bits per heavy atom. The predicted octanol–water partition coefficient (Wildman–Crippen LogP) is 1.74. The van der Waals surface area contributed by atoms with Gasteiger partial charge in [0.1, 0.15) is 0 Å². The van der Waals surface area contributed by atoms with Gasteiger partial charge in [-0.2, -0.15) is 5.10 Å². The van der Waals surface area contributed by atoms with Crippen molar-refractivity contribution in [3.63, 3.8) is 0 Å². The quantitative estimate of drug-likeness (QED) is 0.690. The van der Waals surface area contributed by atoms with E-state index in [4.69, 9.17) is 0 Å². The second-order valence-corrected chi connectivity index (χ2v) is 3.10. The zero-order chi connectivity index (χ0) is 9.68. The standard InChI is InChI=1S/C10H19N3/c1-4-12(5-2)9-10-7-8-11-13(10)6-3/h7-8H,4-6,9H2,1-3H3. The van der Waals surface area contributed by atoms with E-state index in [-0.39, 0.29) is 0 Å². The third-order valence-electron chi connectivity index (χ3n) is 2.38. The number of rotatable bonds is 5. The van der Waals surface area contributed by atoms with Crippen LogP contribution in [0.5, 0.6) is 0 Å². The van der Waals surface area contributed by atoms with Crippen molar-refractivity contribution in [2.75, 3.05) is 13.1 Å². The van der Waals surface area contributed by atoms with Crippen LogP contribution >= 0.6 is 0 Å². The van der Waals surface area contributed by atoms with Crippen LogP contribution in [0.4, 0.5) is 0 Å². The van der Waals surface area contributed by atoms with Crippen molar-refractivity contribution >= 4 is 0 Å². The highest BCUT2D eigenvalue weighted by atomic mass is 15.3. The van der Waals surface area contributed by atoms with E-state index in [1.807, 2.05) is 6.20 Å². The van der Waals surface area contributed by atoms with Crippen LogP contribution in [0.1, 0.15) is 26.5 Å². The molecule has 0 aliphatic heterocycles. The summed E-state index contributed by atoms with van der Waals surface area (Å²) >= 11 is 0. The van der Waals surface area contributed by atoms with Crippen molar-refractivity contribution in [1.82, 2.24) is 14.7 Å². The summed E-state index contributed by atoms with van der Waals surface area (Å²) in [7, 11) is 0. The molecule has 1 aromatic heterocycles. The Bertz CT molecular complexity index is 238. The van der Waals surface area contributed by atoms with Crippen LogP contribution in [-0.4, -0.2) is 27.8 Å². The number of aromatic nitrogens is 2. The highest BCUT2D eigenvalue weighted by molar-refractivity contribution is 5.00. The van der Waals surface area contributed by atoms with Crippen molar-refractivity contribution in [2.24, 2.45) is 0 Å². The minimum absolute atomic E-state index is 0.962. The molecule has 0 atom stereocenters. The smallest absolute Gasteiger partial charge is 0.0524 e. The lowest BCUT2D eigenvalue weighted by molar-refractivity contribution is 0.286. The van der Waals surface area contributed by atoms with Crippen LogP contribution in [0.15, 0.2) is 12.3 Å². The fraction of sp³-hybridized carbons (Fsp3) is 0.700. The highest BCUT2D eigenvalue weighted by Crippen LogP contribution is 2.03. The summed E-state index contributed by atoms with van der Waals surface area (Å²) in [5, 5.41) is 4.25. The molecule has 1 aromatic rings. The lowest BCUT2D eigenvalue weighted by Crippen LogP contribution is -2.23. The Kier molecular flexibility index (Phi) is 3.96. The SMILES string of the molecule is CCN(CC)Cc1ccnn1CC. The zero-order valence-corrected chi connectivity index (χ0v) is 8.82. The lowest BCUT2D eigenvalue weighted by Gasteiger charge is -2.18. The molecule has 1 rings (SSSR count). The molecule has 0 bridgehead atoms. The third kappa shape index (κ3) is 2.56. The van der Waals surface area contributed by atoms with Gasteiger partial charge in [0.15, 0.2) is 0 Å². The topological polar surface area (TPSA) is 21.1 Å². The summed E-state index contributed by atoms with van der Waals surface area (Å²) in [6.45, 7) is 10.7. The molecule has 0 amide bonds. The van der Waals surface area contributed by atoms with Crippen molar-refractivity contribution in [3.05, 3.63) is 18.0 Å². The average Bonchev–Trinajstić information content (AvgIpc) is 2.61. The molecule has 0 saturated heterocycles. The van der Waals surface area contributed by atoms with E-state index in [2.05, 4.69) is 41.5 Å². The van der Waals surface area contributed by atoms with Gasteiger partial charge < -0.3 is 0 Å². The molecule has 0 fully saturated rings. The molecule has 1 heterocycles. The first kappa shape index (κ1) is 10.3. The molecule has 3 heteroatoms. The Morgan fingerprint density at radius 1 is 1.31 bits per heavy atom. The van der Waals surface area contributed by atoms with Gasteiger partial charge in [-0.3, -0.25) is 9.58 Å². The molecule has 0 radical (unpaired) electrons. The molecule has 3 nitrogen and oxygen atoms in total. The van der Waals surface area contributed by atoms with Crippen molar-refractivity contribution in [2.45, 2.75) is 33.9 Å². The summed E-state index contributed by atoms with van der Waals surface area (Å²) in [6, 6.07) is 2.10. The maximum absolute atomic E-state index is 4.25. The van der Waals surface area contributed by atoms with E-state index in [0.717, 1.165) is 26.2 Å². The van der Waals surface area contributed by atoms with Crippen molar-refractivity contribution in [3.8, 4) is 0 Å². The van der Waals surface area contributed by atoms with Gasteiger partial charge in [0.2, 0.25) is 0 Å². The second-order valence-electron chi connectivity index (χ2n) is 3.10. The summed E-state index contributed by atoms with van der Waals surface area (Å²) in [4.78, 5) is 2.39. The number of hydrogen-bond acceptors (Lipinski definition) is 2. The number of nitrogens with zero attached hydrogens (tertiary/aromatic N) is 3. The van der Waals surface area contributed by atoms with Crippen LogP contribution < -0.4 is 0 Å². The maximum atomic E-state index is 4.25. The Labute approximate surface area is 80.4 Å². The lowest BCUT2D eigenvalue weighted by atomic mass is 10.3. The first-order valence-electron chi connectivity index (χ1n) is 5.04. The van der Waals surface area contributed by atoms with Gasteiger partial charge in [-0.1, -0.05) is 13.8 Å². The van der Waals surface area contributed by atoms with E-state index < -0.39 is 0 Å². The molecule has 0 aliphatic rings. The molecular weight excluding hydrogens is 162 g/mol.